The average Bonchev–Trinajstić information content (AvgIpc) is 2.92. The molecule has 4 nitrogen and oxygen atoms in total. The quantitative estimate of drug-likeness (QED) is 0.773. The van der Waals surface area contributed by atoms with Gasteiger partial charge in [0.2, 0.25) is 11.8 Å². The van der Waals surface area contributed by atoms with Gasteiger partial charge in [-0.15, -0.1) is 0 Å². The van der Waals surface area contributed by atoms with E-state index in [1.165, 1.54) is 5.56 Å². The first-order valence-corrected chi connectivity index (χ1v) is 7.92. The predicted octanol–water partition coefficient (Wildman–Crippen LogP) is 4.45. The fraction of sp³-hybridized carbons (Fsp3) is 0.200. The number of amides is 1. The van der Waals surface area contributed by atoms with E-state index in [0.717, 1.165) is 16.8 Å². The van der Waals surface area contributed by atoms with Crippen molar-refractivity contribution in [1.29, 1.82) is 0 Å². The van der Waals surface area contributed by atoms with Gasteiger partial charge in [0.25, 0.3) is 0 Å². The van der Waals surface area contributed by atoms with Crippen molar-refractivity contribution in [3.05, 3.63) is 71.1 Å². The van der Waals surface area contributed by atoms with Crippen LogP contribution < -0.4 is 5.32 Å². The lowest BCUT2D eigenvalue weighted by atomic mass is 10.1. The van der Waals surface area contributed by atoms with E-state index >= 15 is 0 Å². The number of carbonyl (C=O) groups excluding carboxylic acids is 1. The largest absolute Gasteiger partial charge is 0.441 e. The fourth-order valence-corrected chi connectivity index (χ4v) is 2.60. The number of nitrogens with one attached hydrogen (secondary N) is 1. The summed E-state index contributed by atoms with van der Waals surface area (Å²) < 4.78 is 5.70. The van der Waals surface area contributed by atoms with Crippen molar-refractivity contribution in [2.24, 2.45) is 0 Å². The predicted molar refractivity (Wildman–Crippen MR) is 94.9 cm³/mol. The van der Waals surface area contributed by atoms with Crippen LogP contribution in [0.15, 0.2) is 52.9 Å². The molecule has 0 radical (unpaired) electrons. The van der Waals surface area contributed by atoms with E-state index in [1.807, 2.05) is 69.3 Å². The molecule has 122 valence electrons. The van der Waals surface area contributed by atoms with Crippen molar-refractivity contribution in [2.75, 3.05) is 5.32 Å². The number of benzene rings is 2. The number of nitrogens with zero attached hydrogens (tertiary/aromatic N) is 1. The SMILES string of the molecule is Cc1ccc(NC(=O)Cc2nc(-c3ccccc3)oc2C)c(C)c1. The lowest BCUT2D eigenvalue weighted by Crippen LogP contribution is -2.16. The van der Waals surface area contributed by atoms with Gasteiger partial charge in [0.05, 0.1) is 12.1 Å². The van der Waals surface area contributed by atoms with Gasteiger partial charge in [-0.25, -0.2) is 4.98 Å². The van der Waals surface area contributed by atoms with Crippen molar-refractivity contribution in [1.82, 2.24) is 4.98 Å². The Morgan fingerprint density at radius 2 is 1.83 bits per heavy atom. The average molecular weight is 320 g/mol. The van der Waals surface area contributed by atoms with Gasteiger partial charge in [0.1, 0.15) is 5.76 Å². The molecule has 4 heteroatoms. The van der Waals surface area contributed by atoms with Crippen LogP contribution >= 0.6 is 0 Å². The van der Waals surface area contributed by atoms with Crippen LogP contribution in [0.2, 0.25) is 0 Å². The van der Waals surface area contributed by atoms with Crippen LogP contribution in [0.3, 0.4) is 0 Å². The lowest BCUT2D eigenvalue weighted by molar-refractivity contribution is -0.115. The molecule has 0 aliphatic rings. The monoisotopic (exact) mass is 320 g/mol. The Hall–Kier alpha value is -2.88. The molecule has 0 bridgehead atoms. The summed E-state index contributed by atoms with van der Waals surface area (Å²) in [5, 5.41) is 2.94. The third-order valence-corrected chi connectivity index (χ3v) is 3.90. The highest BCUT2D eigenvalue weighted by molar-refractivity contribution is 5.92. The molecule has 1 N–H and O–H groups in total. The van der Waals surface area contributed by atoms with Crippen LogP contribution in [-0.4, -0.2) is 10.9 Å². The lowest BCUT2D eigenvalue weighted by Gasteiger charge is -2.08. The Morgan fingerprint density at radius 3 is 2.54 bits per heavy atom. The maximum Gasteiger partial charge on any atom is 0.230 e. The molecule has 0 saturated heterocycles. The molecular formula is C20H20N2O2. The first-order valence-electron chi connectivity index (χ1n) is 7.92. The van der Waals surface area contributed by atoms with Gasteiger partial charge in [-0.1, -0.05) is 35.9 Å². The highest BCUT2D eigenvalue weighted by atomic mass is 16.4. The maximum atomic E-state index is 12.3. The third kappa shape index (κ3) is 3.54. The van der Waals surface area contributed by atoms with Gasteiger partial charge in [-0.05, 0) is 44.5 Å². The second-order valence-electron chi connectivity index (χ2n) is 5.93. The van der Waals surface area contributed by atoms with Crippen molar-refractivity contribution < 1.29 is 9.21 Å². The molecule has 1 aromatic heterocycles. The minimum absolute atomic E-state index is 0.0991. The smallest absolute Gasteiger partial charge is 0.230 e. The second-order valence-corrected chi connectivity index (χ2v) is 5.93. The number of oxazole rings is 1. The van der Waals surface area contributed by atoms with Gasteiger partial charge >= 0.3 is 0 Å². The van der Waals surface area contributed by atoms with E-state index in [2.05, 4.69) is 10.3 Å². The summed E-state index contributed by atoms with van der Waals surface area (Å²) in [5.74, 6) is 1.12. The Labute approximate surface area is 141 Å². The number of anilines is 1. The molecule has 0 spiro atoms. The van der Waals surface area contributed by atoms with Gasteiger partial charge < -0.3 is 9.73 Å². The maximum absolute atomic E-state index is 12.3. The zero-order chi connectivity index (χ0) is 17.1. The molecule has 0 unspecified atom stereocenters. The normalized spacial score (nSPS) is 10.6. The summed E-state index contributed by atoms with van der Waals surface area (Å²) >= 11 is 0. The molecule has 0 fully saturated rings. The number of carbonyl (C=O) groups is 1. The van der Waals surface area contributed by atoms with Gasteiger partial charge in [-0.2, -0.15) is 0 Å². The van der Waals surface area contributed by atoms with E-state index in [1.54, 1.807) is 0 Å². The molecular weight excluding hydrogens is 300 g/mol. The minimum Gasteiger partial charge on any atom is -0.441 e. The Balaban J connectivity index is 1.74. The van der Waals surface area contributed by atoms with E-state index < -0.39 is 0 Å². The highest BCUT2D eigenvalue weighted by Crippen LogP contribution is 2.22. The summed E-state index contributed by atoms with van der Waals surface area (Å²) in [5.41, 5.74) is 4.61. The first-order chi connectivity index (χ1) is 11.5. The van der Waals surface area contributed by atoms with Crippen molar-refractivity contribution in [3.8, 4) is 11.5 Å². The molecule has 2 aromatic carbocycles. The number of rotatable bonds is 4. The molecule has 1 heterocycles. The van der Waals surface area contributed by atoms with Crippen LogP contribution in [0.4, 0.5) is 5.69 Å². The fourth-order valence-electron chi connectivity index (χ4n) is 2.60. The second kappa shape index (κ2) is 6.71. The summed E-state index contributed by atoms with van der Waals surface area (Å²) in [6.07, 6.45) is 0.190. The molecule has 24 heavy (non-hydrogen) atoms. The van der Waals surface area contributed by atoms with Crippen LogP contribution in [0.5, 0.6) is 0 Å². The van der Waals surface area contributed by atoms with Crippen LogP contribution in [0.1, 0.15) is 22.6 Å². The summed E-state index contributed by atoms with van der Waals surface area (Å²) in [7, 11) is 0. The van der Waals surface area contributed by atoms with Crippen molar-refractivity contribution >= 4 is 11.6 Å². The third-order valence-electron chi connectivity index (χ3n) is 3.90. The standard InChI is InChI=1S/C20H20N2O2/c1-13-9-10-17(14(2)11-13)21-19(23)12-18-15(3)24-20(22-18)16-7-5-4-6-8-16/h4-11H,12H2,1-3H3,(H,21,23). The van der Waals surface area contributed by atoms with Crippen LogP contribution in [-0.2, 0) is 11.2 Å². The molecule has 3 rings (SSSR count). The zero-order valence-electron chi connectivity index (χ0n) is 14.1. The van der Waals surface area contributed by atoms with Crippen LogP contribution in [0, 0.1) is 20.8 Å². The van der Waals surface area contributed by atoms with Crippen molar-refractivity contribution in [3.63, 3.8) is 0 Å². The molecule has 0 atom stereocenters. The Kier molecular flexibility index (Phi) is 4.47. The molecule has 1 amide bonds. The van der Waals surface area contributed by atoms with E-state index in [0.29, 0.717) is 17.3 Å². The Morgan fingerprint density at radius 1 is 1.08 bits per heavy atom. The van der Waals surface area contributed by atoms with Gasteiger partial charge in [0, 0.05) is 11.3 Å². The number of hydrogen-bond acceptors (Lipinski definition) is 3. The van der Waals surface area contributed by atoms with E-state index in [4.69, 9.17) is 4.42 Å². The van der Waals surface area contributed by atoms with E-state index in [-0.39, 0.29) is 12.3 Å². The van der Waals surface area contributed by atoms with Gasteiger partial charge in [-0.3, -0.25) is 4.79 Å². The zero-order valence-corrected chi connectivity index (χ0v) is 14.1. The number of aryl methyl sites for hydroxylation is 3. The number of hydrogen-bond donors (Lipinski definition) is 1. The van der Waals surface area contributed by atoms with Gasteiger partial charge in [0.15, 0.2) is 0 Å². The molecule has 0 aliphatic heterocycles. The minimum atomic E-state index is -0.0991. The van der Waals surface area contributed by atoms with Crippen molar-refractivity contribution in [2.45, 2.75) is 27.2 Å². The van der Waals surface area contributed by atoms with E-state index in [9.17, 15) is 4.79 Å². The topological polar surface area (TPSA) is 55.1 Å². The summed E-state index contributed by atoms with van der Waals surface area (Å²) in [6.45, 7) is 5.85. The first kappa shape index (κ1) is 16.0. The molecule has 0 aliphatic carbocycles. The summed E-state index contributed by atoms with van der Waals surface area (Å²) in [4.78, 5) is 16.8. The molecule has 0 saturated carbocycles. The molecule has 3 aromatic rings. The Bertz CT molecular complexity index is 867. The van der Waals surface area contributed by atoms with Crippen LogP contribution in [0.25, 0.3) is 11.5 Å². The summed E-state index contributed by atoms with van der Waals surface area (Å²) in [6, 6.07) is 15.6. The highest BCUT2D eigenvalue weighted by Gasteiger charge is 2.15. The number of aromatic nitrogens is 1.